The fourth-order valence-electron chi connectivity index (χ4n) is 3.56. The molecule has 0 unspecified atom stereocenters. The van der Waals surface area contributed by atoms with E-state index < -0.39 is 0 Å². The summed E-state index contributed by atoms with van der Waals surface area (Å²) in [5.74, 6) is 1.50. The van der Waals surface area contributed by atoms with E-state index in [1.807, 2.05) is 42.3 Å². The second-order valence-electron chi connectivity index (χ2n) is 7.49. The summed E-state index contributed by atoms with van der Waals surface area (Å²) in [4.78, 5) is 16.7. The van der Waals surface area contributed by atoms with Crippen LogP contribution in [0, 0.1) is 0 Å². The number of fused-ring (bicyclic) bond motifs is 1. The van der Waals surface area contributed by atoms with Crippen molar-refractivity contribution in [1.82, 2.24) is 9.80 Å². The minimum atomic E-state index is -0.0332. The Morgan fingerprint density at radius 3 is 2.55 bits per heavy atom. The van der Waals surface area contributed by atoms with Crippen LogP contribution in [0.25, 0.3) is 0 Å². The number of carbonyl (C=O) groups is 1. The number of carbonyl (C=O) groups excluding carboxylic acids is 1. The van der Waals surface area contributed by atoms with Crippen molar-refractivity contribution in [3.63, 3.8) is 0 Å². The maximum absolute atomic E-state index is 12.4. The lowest BCUT2D eigenvalue weighted by Gasteiger charge is -2.26. The van der Waals surface area contributed by atoms with Crippen LogP contribution in [0.15, 0.2) is 42.5 Å². The molecule has 4 rings (SSSR count). The van der Waals surface area contributed by atoms with Crippen molar-refractivity contribution >= 4 is 11.6 Å². The molecule has 2 heterocycles. The first-order valence-corrected chi connectivity index (χ1v) is 9.92. The SMILES string of the molecule is CN(CC(=O)Nc1ccc(CN2CCOCC2)cc1)Cc1ccc2c(c1)OCO2. The first kappa shape index (κ1) is 19.7. The van der Waals surface area contributed by atoms with Crippen LogP contribution in [-0.4, -0.2) is 62.4 Å². The number of hydrogen-bond acceptors (Lipinski definition) is 6. The average molecular weight is 397 g/mol. The predicted octanol–water partition coefficient (Wildman–Crippen LogP) is 2.32. The monoisotopic (exact) mass is 397 g/mol. The molecule has 2 aromatic rings. The Balaban J connectivity index is 1.24. The molecule has 0 radical (unpaired) electrons. The molecule has 7 nitrogen and oxygen atoms in total. The lowest BCUT2D eigenvalue weighted by atomic mass is 10.2. The summed E-state index contributed by atoms with van der Waals surface area (Å²) in [6, 6.07) is 13.9. The maximum Gasteiger partial charge on any atom is 0.238 e. The van der Waals surface area contributed by atoms with Gasteiger partial charge in [0.05, 0.1) is 19.8 Å². The molecule has 2 aliphatic heterocycles. The molecule has 0 spiro atoms. The van der Waals surface area contributed by atoms with Crippen LogP contribution in [0.2, 0.25) is 0 Å². The van der Waals surface area contributed by atoms with Crippen LogP contribution in [0.3, 0.4) is 0 Å². The molecule has 2 aromatic carbocycles. The van der Waals surface area contributed by atoms with Gasteiger partial charge in [-0.1, -0.05) is 18.2 Å². The van der Waals surface area contributed by atoms with Crippen LogP contribution >= 0.6 is 0 Å². The largest absolute Gasteiger partial charge is 0.454 e. The summed E-state index contributed by atoms with van der Waals surface area (Å²) in [6.07, 6.45) is 0. The fourth-order valence-corrected chi connectivity index (χ4v) is 3.56. The molecular weight excluding hydrogens is 370 g/mol. The van der Waals surface area contributed by atoms with Gasteiger partial charge < -0.3 is 19.5 Å². The maximum atomic E-state index is 12.4. The Kier molecular flexibility index (Phi) is 6.29. The van der Waals surface area contributed by atoms with E-state index in [1.54, 1.807) is 0 Å². The molecule has 1 amide bonds. The highest BCUT2D eigenvalue weighted by atomic mass is 16.7. The van der Waals surface area contributed by atoms with Crippen LogP contribution in [-0.2, 0) is 22.6 Å². The van der Waals surface area contributed by atoms with Crippen LogP contribution in [0.1, 0.15) is 11.1 Å². The Labute approximate surface area is 171 Å². The highest BCUT2D eigenvalue weighted by molar-refractivity contribution is 5.92. The van der Waals surface area contributed by atoms with Gasteiger partial charge in [-0.3, -0.25) is 14.6 Å². The van der Waals surface area contributed by atoms with Crippen LogP contribution < -0.4 is 14.8 Å². The third kappa shape index (κ3) is 5.47. The van der Waals surface area contributed by atoms with Crippen molar-refractivity contribution in [3.8, 4) is 11.5 Å². The van der Waals surface area contributed by atoms with Crippen LogP contribution in [0.5, 0.6) is 11.5 Å². The van der Waals surface area contributed by atoms with E-state index in [0.717, 1.165) is 55.6 Å². The molecule has 1 fully saturated rings. The van der Waals surface area contributed by atoms with E-state index >= 15 is 0 Å². The first-order chi connectivity index (χ1) is 14.2. The van der Waals surface area contributed by atoms with Gasteiger partial charge in [0.1, 0.15) is 0 Å². The van der Waals surface area contributed by atoms with Gasteiger partial charge in [0.25, 0.3) is 0 Å². The topological polar surface area (TPSA) is 63.3 Å². The van der Waals surface area contributed by atoms with Gasteiger partial charge in [-0.15, -0.1) is 0 Å². The smallest absolute Gasteiger partial charge is 0.238 e. The zero-order valence-electron chi connectivity index (χ0n) is 16.7. The summed E-state index contributed by atoms with van der Waals surface area (Å²) in [6.45, 7) is 5.68. The van der Waals surface area contributed by atoms with Crippen molar-refractivity contribution < 1.29 is 19.0 Å². The molecule has 1 N–H and O–H groups in total. The second-order valence-corrected chi connectivity index (χ2v) is 7.49. The molecule has 2 aliphatic rings. The Morgan fingerprint density at radius 1 is 1.03 bits per heavy atom. The summed E-state index contributed by atoms with van der Waals surface area (Å²) < 4.78 is 16.1. The molecule has 0 bridgehead atoms. The molecule has 0 saturated carbocycles. The summed E-state index contributed by atoms with van der Waals surface area (Å²) in [5.41, 5.74) is 3.14. The highest BCUT2D eigenvalue weighted by Gasteiger charge is 2.15. The Hall–Kier alpha value is -2.61. The summed E-state index contributed by atoms with van der Waals surface area (Å²) >= 11 is 0. The van der Waals surface area contributed by atoms with E-state index in [1.165, 1.54) is 5.56 Å². The van der Waals surface area contributed by atoms with Crippen molar-refractivity contribution in [2.45, 2.75) is 13.1 Å². The third-order valence-electron chi connectivity index (χ3n) is 5.05. The summed E-state index contributed by atoms with van der Waals surface area (Å²) in [5, 5.41) is 2.97. The second kappa shape index (κ2) is 9.26. The van der Waals surface area contributed by atoms with Gasteiger partial charge in [-0.05, 0) is 42.4 Å². The van der Waals surface area contributed by atoms with Crippen molar-refractivity contribution in [2.24, 2.45) is 0 Å². The van der Waals surface area contributed by atoms with E-state index in [-0.39, 0.29) is 12.7 Å². The molecule has 154 valence electrons. The van der Waals surface area contributed by atoms with Crippen LogP contribution in [0.4, 0.5) is 5.69 Å². The van der Waals surface area contributed by atoms with E-state index in [0.29, 0.717) is 13.1 Å². The van der Waals surface area contributed by atoms with Crippen molar-refractivity contribution in [3.05, 3.63) is 53.6 Å². The predicted molar refractivity (Wildman–Crippen MR) is 110 cm³/mol. The van der Waals surface area contributed by atoms with Crippen molar-refractivity contribution in [2.75, 3.05) is 52.0 Å². The zero-order chi connectivity index (χ0) is 20.1. The van der Waals surface area contributed by atoms with E-state index in [9.17, 15) is 4.79 Å². The number of ether oxygens (including phenoxy) is 3. The number of anilines is 1. The summed E-state index contributed by atoms with van der Waals surface area (Å²) in [7, 11) is 1.93. The standard InChI is InChI=1S/C22H27N3O4/c1-24(13-18-4-7-20-21(12-18)29-16-28-20)15-22(26)23-19-5-2-17(3-6-19)14-25-8-10-27-11-9-25/h2-7,12H,8-11,13-16H2,1H3,(H,23,26). The number of likely N-dealkylation sites (N-methyl/N-ethyl adjacent to an activating group) is 1. The molecule has 7 heteroatoms. The van der Waals surface area contributed by atoms with Gasteiger partial charge in [-0.2, -0.15) is 0 Å². The Bertz CT molecular complexity index is 834. The molecule has 0 atom stereocenters. The molecule has 0 aliphatic carbocycles. The quantitative estimate of drug-likeness (QED) is 0.774. The number of nitrogens with zero attached hydrogens (tertiary/aromatic N) is 2. The van der Waals surface area contributed by atoms with Gasteiger partial charge in [0.2, 0.25) is 12.7 Å². The minimum Gasteiger partial charge on any atom is -0.454 e. The van der Waals surface area contributed by atoms with Crippen molar-refractivity contribution in [1.29, 1.82) is 0 Å². The number of rotatable bonds is 7. The normalized spacial score (nSPS) is 16.2. The molecule has 0 aromatic heterocycles. The zero-order valence-corrected chi connectivity index (χ0v) is 16.7. The fraction of sp³-hybridized carbons (Fsp3) is 0.409. The number of nitrogens with one attached hydrogen (secondary N) is 1. The highest BCUT2D eigenvalue weighted by Crippen LogP contribution is 2.32. The lowest BCUT2D eigenvalue weighted by Crippen LogP contribution is -2.35. The third-order valence-corrected chi connectivity index (χ3v) is 5.05. The molecular formula is C22H27N3O4. The van der Waals surface area contributed by atoms with Gasteiger partial charge in [0, 0.05) is 31.9 Å². The van der Waals surface area contributed by atoms with Gasteiger partial charge in [0.15, 0.2) is 11.5 Å². The Morgan fingerprint density at radius 2 is 1.76 bits per heavy atom. The lowest BCUT2D eigenvalue weighted by molar-refractivity contribution is -0.117. The number of morpholine rings is 1. The minimum absolute atomic E-state index is 0.0332. The van der Waals surface area contributed by atoms with E-state index in [2.05, 4.69) is 22.3 Å². The molecule has 1 saturated heterocycles. The van der Waals surface area contributed by atoms with Gasteiger partial charge >= 0.3 is 0 Å². The average Bonchev–Trinajstić information content (AvgIpc) is 3.18. The number of amides is 1. The first-order valence-electron chi connectivity index (χ1n) is 9.92. The number of benzene rings is 2. The molecule has 29 heavy (non-hydrogen) atoms. The number of hydrogen-bond donors (Lipinski definition) is 1. The van der Waals surface area contributed by atoms with Gasteiger partial charge in [-0.25, -0.2) is 0 Å². The van der Waals surface area contributed by atoms with E-state index in [4.69, 9.17) is 14.2 Å².